The maximum absolute atomic E-state index is 14.3. The average molecular weight is 636 g/mol. The quantitative estimate of drug-likeness (QED) is 0.182. The molecule has 0 bridgehead atoms. The second-order valence-corrected chi connectivity index (χ2v) is 12.9. The first kappa shape index (κ1) is 29.3. The number of non-ortho nitro benzene ring substituents is 1. The smallest absolute Gasteiger partial charge is 0.269 e. The first-order valence-electron chi connectivity index (χ1n) is 14.6. The summed E-state index contributed by atoms with van der Waals surface area (Å²) in [5.74, 6) is 0.590. The van der Waals surface area contributed by atoms with E-state index in [1.807, 2.05) is 12.3 Å². The van der Waals surface area contributed by atoms with E-state index in [1.54, 1.807) is 78.9 Å². The van der Waals surface area contributed by atoms with Gasteiger partial charge in [0.15, 0.2) is 5.65 Å². The van der Waals surface area contributed by atoms with Crippen LogP contribution < -0.4 is 4.90 Å². The fourth-order valence-electron chi connectivity index (χ4n) is 5.72. The van der Waals surface area contributed by atoms with E-state index in [1.165, 1.54) is 16.1 Å². The van der Waals surface area contributed by atoms with Crippen LogP contribution in [0.4, 0.5) is 11.6 Å². The molecule has 0 unspecified atom stereocenters. The first-order valence-corrected chi connectivity index (χ1v) is 16.0. The van der Waals surface area contributed by atoms with E-state index < -0.39 is 14.9 Å². The molecule has 7 rings (SSSR count). The van der Waals surface area contributed by atoms with Gasteiger partial charge in [-0.15, -0.1) is 0 Å². The Labute approximate surface area is 264 Å². The Balaban J connectivity index is 1.41. The molecule has 1 aliphatic rings. The highest BCUT2D eigenvalue weighted by molar-refractivity contribution is 7.90. The van der Waals surface area contributed by atoms with Crippen LogP contribution in [0.3, 0.4) is 0 Å². The zero-order chi connectivity index (χ0) is 32.0. The Bertz CT molecular complexity index is 2170. The van der Waals surface area contributed by atoms with Crippen LogP contribution in [0, 0.1) is 10.1 Å². The molecule has 5 heterocycles. The molecule has 0 amide bonds. The van der Waals surface area contributed by atoms with Gasteiger partial charge >= 0.3 is 0 Å². The molecule has 6 aromatic rings. The van der Waals surface area contributed by atoms with Crippen molar-refractivity contribution in [1.29, 1.82) is 0 Å². The summed E-state index contributed by atoms with van der Waals surface area (Å²) in [4.78, 5) is 29.1. The van der Waals surface area contributed by atoms with Gasteiger partial charge in [-0.25, -0.2) is 27.3 Å². The monoisotopic (exact) mass is 635 g/mol. The molecular weight excluding hydrogens is 606 g/mol. The summed E-state index contributed by atoms with van der Waals surface area (Å²) in [5.41, 5.74) is 3.77. The van der Waals surface area contributed by atoms with E-state index >= 15 is 0 Å². The summed E-state index contributed by atoms with van der Waals surface area (Å²) < 4.78 is 31.4. The molecule has 1 aliphatic heterocycles. The first-order chi connectivity index (χ1) is 22.2. The van der Waals surface area contributed by atoms with Crippen molar-refractivity contribution >= 4 is 32.7 Å². The predicted octanol–water partition coefficient (Wildman–Crippen LogP) is 4.46. The van der Waals surface area contributed by atoms with E-state index in [-0.39, 0.29) is 16.2 Å². The highest BCUT2D eigenvalue weighted by Crippen LogP contribution is 2.39. The summed E-state index contributed by atoms with van der Waals surface area (Å²) in [5, 5.41) is 16.5. The van der Waals surface area contributed by atoms with Crippen LogP contribution in [0.1, 0.15) is 0 Å². The van der Waals surface area contributed by atoms with E-state index in [9.17, 15) is 18.5 Å². The van der Waals surface area contributed by atoms with Crippen molar-refractivity contribution in [1.82, 2.24) is 33.6 Å². The zero-order valence-corrected chi connectivity index (χ0v) is 25.9. The third kappa shape index (κ3) is 5.16. The number of likely N-dealkylation sites (N-methyl/N-ethyl adjacent to an activating group) is 1. The third-order valence-corrected chi connectivity index (χ3v) is 9.85. The molecule has 0 N–H and O–H groups in total. The minimum atomic E-state index is -4.11. The van der Waals surface area contributed by atoms with Crippen LogP contribution in [0.2, 0.25) is 0 Å². The van der Waals surface area contributed by atoms with Crippen molar-refractivity contribution in [2.24, 2.45) is 7.05 Å². The Morgan fingerprint density at radius 3 is 2.20 bits per heavy atom. The van der Waals surface area contributed by atoms with Crippen molar-refractivity contribution in [3.8, 4) is 33.6 Å². The number of nitro benzene ring substituents is 1. The number of anilines is 1. The fourth-order valence-corrected chi connectivity index (χ4v) is 7.22. The minimum Gasteiger partial charge on any atom is -0.338 e. The number of hydrogen-bond donors (Lipinski definition) is 0. The lowest BCUT2D eigenvalue weighted by Crippen LogP contribution is -2.45. The summed E-state index contributed by atoms with van der Waals surface area (Å²) >= 11 is 0. The molecule has 2 aromatic carbocycles. The van der Waals surface area contributed by atoms with Crippen molar-refractivity contribution < 1.29 is 13.3 Å². The number of pyridine rings is 1. The highest BCUT2D eigenvalue weighted by Gasteiger charge is 2.28. The van der Waals surface area contributed by atoms with Gasteiger partial charge in [0.1, 0.15) is 5.69 Å². The molecule has 1 saturated heterocycles. The molecule has 0 radical (unpaired) electrons. The van der Waals surface area contributed by atoms with Crippen molar-refractivity contribution in [2.75, 3.05) is 38.1 Å². The maximum atomic E-state index is 14.3. The predicted molar refractivity (Wildman–Crippen MR) is 174 cm³/mol. The van der Waals surface area contributed by atoms with Crippen LogP contribution in [-0.4, -0.2) is 80.2 Å². The van der Waals surface area contributed by atoms with E-state index in [0.717, 1.165) is 26.2 Å². The number of benzene rings is 2. The molecular formula is C32H29N9O4S. The molecule has 0 atom stereocenters. The Morgan fingerprint density at radius 2 is 1.52 bits per heavy atom. The zero-order valence-electron chi connectivity index (χ0n) is 25.1. The lowest BCUT2D eigenvalue weighted by atomic mass is 10.00. The van der Waals surface area contributed by atoms with Gasteiger partial charge in [-0.1, -0.05) is 18.2 Å². The topological polar surface area (TPSA) is 145 Å². The number of rotatable bonds is 7. The van der Waals surface area contributed by atoms with Gasteiger partial charge in [0.05, 0.1) is 15.5 Å². The lowest BCUT2D eigenvalue weighted by molar-refractivity contribution is -0.384. The molecule has 13 nitrogen and oxygen atoms in total. The summed E-state index contributed by atoms with van der Waals surface area (Å²) in [7, 11) is -0.245. The van der Waals surface area contributed by atoms with E-state index in [2.05, 4.69) is 36.9 Å². The third-order valence-electron chi connectivity index (χ3n) is 8.13. The van der Waals surface area contributed by atoms with Gasteiger partial charge < -0.3 is 9.80 Å². The van der Waals surface area contributed by atoms with Crippen LogP contribution in [0.15, 0.2) is 96.4 Å². The van der Waals surface area contributed by atoms with Gasteiger partial charge in [0, 0.05) is 92.2 Å². The van der Waals surface area contributed by atoms with Crippen molar-refractivity contribution in [3.05, 3.63) is 102 Å². The second-order valence-electron chi connectivity index (χ2n) is 11.1. The fraction of sp³-hybridized carbons (Fsp3) is 0.188. The molecule has 1 fully saturated rings. The number of hydrogen-bond acceptors (Lipinski definition) is 10. The SMILES string of the molecule is CN1CCN(c2ncc(-c3cc4c(-c5cn(C)nc5-c5ccc([N+](=O)[O-])cc5)ccnc4n3S(=O)(=O)c3ccccc3)cn2)CC1. The molecule has 0 saturated carbocycles. The number of piperazine rings is 1. The molecule has 232 valence electrons. The minimum absolute atomic E-state index is 0.0266. The molecule has 14 heteroatoms. The number of aromatic nitrogens is 6. The number of fused-ring (bicyclic) bond motifs is 1. The Morgan fingerprint density at radius 1 is 0.826 bits per heavy atom. The van der Waals surface area contributed by atoms with Crippen molar-refractivity contribution in [2.45, 2.75) is 4.90 Å². The molecule has 4 aromatic heterocycles. The summed E-state index contributed by atoms with van der Waals surface area (Å²) in [6.45, 7) is 3.40. The van der Waals surface area contributed by atoms with E-state index in [4.69, 9.17) is 0 Å². The van der Waals surface area contributed by atoms with Gasteiger partial charge in [-0.05, 0) is 49.0 Å². The van der Waals surface area contributed by atoms with Gasteiger partial charge in [-0.3, -0.25) is 14.8 Å². The number of nitro groups is 1. The van der Waals surface area contributed by atoms with Crippen LogP contribution in [-0.2, 0) is 17.1 Å². The van der Waals surface area contributed by atoms with E-state index in [0.29, 0.717) is 45.0 Å². The molecule has 0 aliphatic carbocycles. The summed E-state index contributed by atoms with van der Waals surface area (Å²) in [6, 6.07) is 18.0. The van der Waals surface area contributed by atoms with Gasteiger partial charge in [-0.2, -0.15) is 5.10 Å². The Kier molecular flexibility index (Phi) is 7.29. The van der Waals surface area contributed by atoms with Crippen LogP contribution >= 0.6 is 0 Å². The maximum Gasteiger partial charge on any atom is 0.269 e. The lowest BCUT2D eigenvalue weighted by Gasteiger charge is -2.32. The normalized spacial score (nSPS) is 14.2. The highest BCUT2D eigenvalue weighted by atomic mass is 32.2. The average Bonchev–Trinajstić information content (AvgIpc) is 3.67. The number of aryl methyl sites for hydroxylation is 1. The molecule has 0 spiro atoms. The van der Waals surface area contributed by atoms with Gasteiger partial charge in [0.25, 0.3) is 15.7 Å². The second kappa shape index (κ2) is 11.5. The van der Waals surface area contributed by atoms with Crippen LogP contribution in [0.25, 0.3) is 44.7 Å². The van der Waals surface area contributed by atoms with Crippen LogP contribution in [0.5, 0.6) is 0 Å². The van der Waals surface area contributed by atoms with Gasteiger partial charge in [0.2, 0.25) is 5.95 Å². The number of nitrogens with zero attached hydrogens (tertiary/aromatic N) is 9. The molecule has 46 heavy (non-hydrogen) atoms. The summed E-state index contributed by atoms with van der Waals surface area (Å²) in [6.07, 6.45) is 6.70. The Hall–Kier alpha value is -5.47. The largest absolute Gasteiger partial charge is 0.338 e. The van der Waals surface area contributed by atoms with Crippen molar-refractivity contribution in [3.63, 3.8) is 0 Å². The standard InChI is InChI=1S/C32H29N9O4S/c1-37-14-16-39(17-15-37)32-34-19-23(20-35-32)29-18-27-26(12-13-33-31(27)40(29)46(44,45)25-6-4-3-5-7-25)28-21-38(2)36-30(28)22-8-10-24(11-9-22)41(42)43/h3-13,18-21H,14-17H2,1-2H3.